The van der Waals surface area contributed by atoms with Crippen LogP contribution in [0.1, 0.15) is 39.3 Å². The molecule has 1 fully saturated rings. The van der Waals surface area contributed by atoms with Crippen molar-refractivity contribution < 1.29 is 4.74 Å². The molecule has 4 nitrogen and oxygen atoms in total. The summed E-state index contributed by atoms with van der Waals surface area (Å²) in [6, 6.07) is 0.298. The first-order chi connectivity index (χ1) is 7.45. The van der Waals surface area contributed by atoms with Crippen LogP contribution in [0.25, 0.3) is 0 Å². The summed E-state index contributed by atoms with van der Waals surface area (Å²) in [5.74, 6) is 0.602. The molecule has 1 aromatic heterocycles. The second kappa shape index (κ2) is 4.01. The molecular formula is C12H19N3O. The van der Waals surface area contributed by atoms with Gasteiger partial charge >= 0.3 is 0 Å². The smallest absolute Gasteiger partial charge is 0.232 e. The fourth-order valence-corrected chi connectivity index (χ4v) is 1.64. The van der Waals surface area contributed by atoms with Crippen LogP contribution >= 0.6 is 0 Å². The highest BCUT2D eigenvalue weighted by molar-refractivity contribution is 5.14. The summed E-state index contributed by atoms with van der Waals surface area (Å²) in [7, 11) is 0. The van der Waals surface area contributed by atoms with Crippen LogP contribution < -0.4 is 10.5 Å². The van der Waals surface area contributed by atoms with Gasteiger partial charge < -0.3 is 10.5 Å². The zero-order valence-corrected chi connectivity index (χ0v) is 10.1. The molecule has 0 bridgehead atoms. The summed E-state index contributed by atoms with van der Waals surface area (Å²) in [4.78, 5) is 8.63. The van der Waals surface area contributed by atoms with Crippen LogP contribution in [0.4, 0.5) is 0 Å². The van der Waals surface area contributed by atoms with Gasteiger partial charge in [-0.25, -0.2) is 4.98 Å². The lowest BCUT2D eigenvalue weighted by molar-refractivity contribution is 0.0952. The van der Waals surface area contributed by atoms with E-state index in [-0.39, 0.29) is 11.5 Å². The molecule has 0 aromatic carbocycles. The van der Waals surface area contributed by atoms with Crippen LogP contribution in [-0.2, 0) is 5.41 Å². The lowest BCUT2D eigenvalue weighted by Crippen LogP contribution is -2.43. The van der Waals surface area contributed by atoms with E-state index in [0.717, 1.165) is 18.5 Å². The van der Waals surface area contributed by atoms with Crippen molar-refractivity contribution in [3.8, 4) is 5.88 Å². The summed E-state index contributed by atoms with van der Waals surface area (Å²) in [6.07, 6.45) is 5.55. The van der Waals surface area contributed by atoms with Crippen molar-refractivity contribution in [3.63, 3.8) is 0 Å². The van der Waals surface area contributed by atoms with Gasteiger partial charge in [-0.2, -0.15) is 0 Å². The molecule has 0 radical (unpaired) electrons. The summed E-state index contributed by atoms with van der Waals surface area (Å²) in [5, 5.41) is 0. The van der Waals surface area contributed by atoms with E-state index in [2.05, 4.69) is 30.7 Å². The van der Waals surface area contributed by atoms with Crippen LogP contribution in [0, 0.1) is 0 Å². The second-order valence-electron chi connectivity index (χ2n) is 5.46. The van der Waals surface area contributed by atoms with E-state index in [1.165, 1.54) is 0 Å². The molecular weight excluding hydrogens is 202 g/mol. The molecule has 0 saturated heterocycles. The van der Waals surface area contributed by atoms with E-state index < -0.39 is 0 Å². The van der Waals surface area contributed by atoms with Gasteiger partial charge in [0.25, 0.3) is 0 Å². The minimum atomic E-state index is 0.0321. The Morgan fingerprint density at radius 2 is 1.94 bits per heavy atom. The number of aromatic nitrogens is 2. The van der Waals surface area contributed by atoms with Gasteiger partial charge in [0, 0.05) is 11.5 Å². The Balaban J connectivity index is 1.97. The average molecular weight is 221 g/mol. The van der Waals surface area contributed by atoms with Crippen LogP contribution in [-0.4, -0.2) is 22.1 Å². The van der Waals surface area contributed by atoms with Crippen molar-refractivity contribution in [1.82, 2.24) is 9.97 Å². The van der Waals surface area contributed by atoms with Gasteiger partial charge in [-0.05, 0) is 12.8 Å². The molecule has 88 valence electrons. The van der Waals surface area contributed by atoms with E-state index >= 15 is 0 Å². The lowest BCUT2D eigenvalue weighted by atomic mass is 9.90. The number of hydrogen-bond donors (Lipinski definition) is 1. The third kappa shape index (κ3) is 2.50. The molecule has 0 unspecified atom stereocenters. The van der Waals surface area contributed by atoms with Crippen LogP contribution in [0.5, 0.6) is 5.88 Å². The summed E-state index contributed by atoms with van der Waals surface area (Å²) in [6.45, 7) is 6.34. The monoisotopic (exact) mass is 221 g/mol. The maximum Gasteiger partial charge on any atom is 0.232 e. The van der Waals surface area contributed by atoms with Crippen molar-refractivity contribution in [2.45, 2.75) is 51.2 Å². The van der Waals surface area contributed by atoms with Crippen molar-refractivity contribution in [3.05, 3.63) is 18.1 Å². The maximum absolute atomic E-state index is 5.69. The van der Waals surface area contributed by atoms with E-state index in [1.54, 1.807) is 12.4 Å². The number of ether oxygens (including phenoxy) is 1. The van der Waals surface area contributed by atoms with Gasteiger partial charge in [0.05, 0.1) is 18.1 Å². The van der Waals surface area contributed by atoms with Crippen molar-refractivity contribution >= 4 is 0 Å². The standard InChI is InChI=1S/C12H19N3O/c1-12(2,3)10-6-15-11(7-14-10)16-9-4-8(13)5-9/h6-9H,4-5,13H2,1-3H3/t8-,9-. The summed E-state index contributed by atoms with van der Waals surface area (Å²) in [5.41, 5.74) is 6.70. The maximum atomic E-state index is 5.69. The molecule has 1 aromatic rings. The summed E-state index contributed by atoms with van der Waals surface area (Å²) < 4.78 is 5.63. The number of nitrogens with zero attached hydrogens (tertiary/aromatic N) is 2. The number of rotatable bonds is 2. The second-order valence-corrected chi connectivity index (χ2v) is 5.46. The predicted octanol–water partition coefficient (Wildman–Crippen LogP) is 1.64. The molecule has 4 heteroatoms. The molecule has 1 heterocycles. The fourth-order valence-electron chi connectivity index (χ4n) is 1.64. The van der Waals surface area contributed by atoms with Crippen molar-refractivity contribution in [1.29, 1.82) is 0 Å². The molecule has 1 aliphatic carbocycles. The normalized spacial score (nSPS) is 25.0. The first kappa shape index (κ1) is 11.3. The zero-order valence-electron chi connectivity index (χ0n) is 10.1. The highest BCUT2D eigenvalue weighted by Gasteiger charge is 2.28. The SMILES string of the molecule is CC(C)(C)c1cnc(O[C@H]2C[C@H](N)C2)cn1. The molecule has 0 amide bonds. The van der Waals surface area contributed by atoms with Crippen LogP contribution in [0.2, 0.25) is 0 Å². The lowest BCUT2D eigenvalue weighted by Gasteiger charge is -2.32. The summed E-state index contributed by atoms with van der Waals surface area (Å²) >= 11 is 0. The fraction of sp³-hybridized carbons (Fsp3) is 0.667. The van der Waals surface area contributed by atoms with Crippen molar-refractivity contribution in [2.24, 2.45) is 5.73 Å². The van der Waals surface area contributed by atoms with Crippen molar-refractivity contribution in [2.75, 3.05) is 0 Å². The molecule has 0 atom stereocenters. The van der Waals surface area contributed by atoms with Crippen LogP contribution in [0.15, 0.2) is 12.4 Å². The van der Waals surface area contributed by atoms with Gasteiger partial charge in [-0.3, -0.25) is 4.98 Å². The van der Waals surface area contributed by atoms with E-state index in [0.29, 0.717) is 11.9 Å². The first-order valence-corrected chi connectivity index (χ1v) is 5.70. The first-order valence-electron chi connectivity index (χ1n) is 5.70. The van der Waals surface area contributed by atoms with Gasteiger partial charge in [-0.15, -0.1) is 0 Å². The van der Waals surface area contributed by atoms with E-state index in [4.69, 9.17) is 10.5 Å². The van der Waals surface area contributed by atoms with Gasteiger partial charge in [-0.1, -0.05) is 20.8 Å². The number of hydrogen-bond acceptors (Lipinski definition) is 4. The van der Waals surface area contributed by atoms with E-state index in [1.807, 2.05) is 0 Å². The Kier molecular flexibility index (Phi) is 2.84. The Labute approximate surface area is 96.2 Å². The molecule has 0 spiro atoms. The minimum absolute atomic E-state index is 0.0321. The molecule has 2 rings (SSSR count). The highest BCUT2D eigenvalue weighted by Crippen LogP contribution is 2.24. The predicted molar refractivity (Wildman–Crippen MR) is 62.4 cm³/mol. The Hall–Kier alpha value is -1.16. The average Bonchev–Trinajstić information content (AvgIpc) is 2.15. The molecule has 0 aliphatic heterocycles. The zero-order chi connectivity index (χ0) is 11.8. The molecule has 16 heavy (non-hydrogen) atoms. The van der Waals surface area contributed by atoms with Crippen LogP contribution in [0.3, 0.4) is 0 Å². The quantitative estimate of drug-likeness (QED) is 0.824. The van der Waals surface area contributed by atoms with Gasteiger partial charge in [0.1, 0.15) is 6.10 Å². The minimum Gasteiger partial charge on any atom is -0.473 e. The Morgan fingerprint density at radius 1 is 1.25 bits per heavy atom. The molecule has 1 aliphatic rings. The third-order valence-electron chi connectivity index (χ3n) is 2.82. The molecule has 2 N–H and O–H groups in total. The largest absolute Gasteiger partial charge is 0.473 e. The molecule has 1 saturated carbocycles. The van der Waals surface area contributed by atoms with Gasteiger partial charge in [0.2, 0.25) is 5.88 Å². The number of nitrogens with two attached hydrogens (primary N) is 1. The topological polar surface area (TPSA) is 61.0 Å². The van der Waals surface area contributed by atoms with E-state index in [9.17, 15) is 0 Å². The highest BCUT2D eigenvalue weighted by atomic mass is 16.5. The Morgan fingerprint density at radius 3 is 2.38 bits per heavy atom. The van der Waals surface area contributed by atoms with Gasteiger partial charge in [0.15, 0.2) is 0 Å². The Bertz CT molecular complexity index is 350. The third-order valence-corrected chi connectivity index (χ3v) is 2.82.